The molecular weight excluding hydrogens is 296 g/mol. The molecule has 0 aliphatic carbocycles. The van der Waals surface area contributed by atoms with Gasteiger partial charge in [-0.1, -0.05) is 15.9 Å². The zero-order valence-corrected chi connectivity index (χ0v) is 12.4. The molecule has 18 heavy (non-hydrogen) atoms. The molecule has 1 aromatic carbocycles. The summed E-state index contributed by atoms with van der Waals surface area (Å²) in [7, 11) is 1.66. The van der Waals surface area contributed by atoms with E-state index in [4.69, 9.17) is 9.47 Å². The molecule has 0 bridgehead atoms. The van der Waals surface area contributed by atoms with E-state index in [0.29, 0.717) is 0 Å². The molecule has 1 heterocycles. The predicted octanol–water partition coefficient (Wildman–Crippen LogP) is 2.79. The molecule has 4 heteroatoms. The third-order valence-corrected chi connectivity index (χ3v) is 4.71. The van der Waals surface area contributed by atoms with Crippen LogP contribution in [0, 0.1) is 5.41 Å². The Morgan fingerprint density at radius 1 is 1.56 bits per heavy atom. The van der Waals surface area contributed by atoms with Gasteiger partial charge in [0.05, 0.1) is 19.8 Å². The molecular formula is C14H19BrO3. The van der Waals surface area contributed by atoms with E-state index in [1.165, 1.54) is 0 Å². The second-order valence-electron chi connectivity index (χ2n) is 4.92. The van der Waals surface area contributed by atoms with E-state index in [1.54, 1.807) is 7.11 Å². The number of benzene rings is 1. The van der Waals surface area contributed by atoms with Crippen LogP contribution in [0.5, 0.6) is 5.75 Å². The number of aliphatic hydroxyl groups excluding tert-OH is 1. The molecule has 0 amide bonds. The molecule has 3 nitrogen and oxygen atoms in total. The van der Waals surface area contributed by atoms with Gasteiger partial charge >= 0.3 is 0 Å². The summed E-state index contributed by atoms with van der Waals surface area (Å²) < 4.78 is 11.9. The number of aliphatic hydroxyl groups is 1. The van der Waals surface area contributed by atoms with Gasteiger partial charge in [-0.3, -0.25) is 0 Å². The van der Waals surface area contributed by atoms with Gasteiger partial charge in [-0.15, -0.1) is 0 Å². The largest absolute Gasteiger partial charge is 0.497 e. The van der Waals surface area contributed by atoms with Crippen LogP contribution in [0.1, 0.15) is 18.9 Å². The van der Waals surface area contributed by atoms with E-state index in [0.717, 1.165) is 35.2 Å². The van der Waals surface area contributed by atoms with Gasteiger partial charge in [0.1, 0.15) is 5.75 Å². The Morgan fingerprint density at radius 3 is 2.89 bits per heavy atom. The van der Waals surface area contributed by atoms with Gasteiger partial charge in [0, 0.05) is 16.5 Å². The summed E-state index contributed by atoms with van der Waals surface area (Å²) in [6, 6.07) is 5.93. The van der Waals surface area contributed by atoms with Gasteiger partial charge in [0.2, 0.25) is 0 Å². The quantitative estimate of drug-likeness (QED) is 0.928. The first-order valence-corrected chi connectivity index (χ1v) is 6.95. The predicted molar refractivity (Wildman–Crippen MR) is 73.9 cm³/mol. The highest BCUT2D eigenvalue weighted by Gasteiger charge is 2.41. The SMILES string of the molecule is COc1ccc(Br)c(CC2(CO)CCOC2C)c1. The maximum absolute atomic E-state index is 9.74. The number of hydrogen-bond acceptors (Lipinski definition) is 3. The summed E-state index contributed by atoms with van der Waals surface area (Å²) in [6.45, 7) is 2.92. The van der Waals surface area contributed by atoms with Crippen LogP contribution in [0.2, 0.25) is 0 Å². The minimum Gasteiger partial charge on any atom is -0.497 e. The van der Waals surface area contributed by atoms with Gasteiger partial charge < -0.3 is 14.6 Å². The van der Waals surface area contributed by atoms with Crippen molar-refractivity contribution in [3.63, 3.8) is 0 Å². The zero-order valence-electron chi connectivity index (χ0n) is 10.8. The van der Waals surface area contributed by atoms with Crippen molar-refractivity contribution in [3.05, 3.63) is 28.2 Å². The topological polar surface area (TPSA) is 38.7 Å². The fourth-order valence-corrected chi connectivity index (χ4v) is 2.89. The molecule has 2 rings (SSSR count). The molecule has 0 saturated carbocycles. The maximum atomic E-state index is 9.74. The van der Waals surface area contributed by atoms with Crippen LogP contribution in [0.15, 0.2) is 22.7 Å². The molecule has 0 spiro atoms. The van der Waals surface area contributed by atoms with Crippen LogP contribution in [0.25, 0.3) is 0 Å². The van der Waals surface area contributed by atoms with Gasteiger partial charge in [-0.05, 0) is 43.5 Å². The van der Waals surface area contributed by atoms with Crippen molar-refractivity contribution >= 4 is 15.9 Å². The Morgan fingerprint density at radius 2 is 2.33 bits per heavy atom. The van der Waals surface area contributed by atoms with E-state index in [1.807, 2.05) is 25.1 Å². The van der Waals surface area contributed by atoms with E-state index in [9.17, 15) is 5.11 Å². The molecule has 1 N–H and O–H groups in total. The number of ether oxygens (including phenoxy) is 2. The molecule has 1 aromatic rings. The van der Waals surface area contributed by atoms with E-state index >= 15 is 0 Å². The zero-order chi connectivity index (χ0) is 13.2. The first-order valence-electron chi connectivity index (χ1n) is 6.16. The van der Waals surface area contributed by atoms with Crippen molar-refractivity contribution in [1.82, 2.24) is 0 Å². The molecule has 1 saturated heterocycles. The van der Waals surface area contributed by atoms with Gasteiger partial charge in [-0.25, -0.2) is 0 Å². The highest BCUT2D eigenvalue weighted by atomic mass is 79.9. The molecule has 1 aliphatic heterocycles. The third kappa shape index (κ3) is 2.56. The first-order chi connectivity index (χ1) is 8.61. The average molecular weight is 315 g/mol. The first kappa shape index (κ1) is 13.8. The lowest BCUT2D eigenvalue weighted by molar-refractivity contribution is 0.0271. The molecule has 1 fully saturated rings. The van der Waals surface area contributed by atoms with Crippen LogP contribution in [-0.4, -0.2) is 31.5 Å². The Kier molecular flexibility index (Phi) is 4.30. The van der Waals surface area contributed by atoms with E-state index in [2.05, 4.69) is 15.9 Å². The molecule has 2 atom stereocenters. The molecule has 0 aromatic heterocycles. The Hall–Kier alpha value is -0.580. The highest BCUT2D eigenvalue weighted by molar-refractivity contribution is 9.10. The number of halogens is 1. The van der Waals surface area contributed by atoms with E-state index < -0.39 is 0 Å². The summed E-state index contributed by atoms with van der Waals surface area (Å²) in [5, 5.41) is 9.74. The lowest BCUT2D eigenvalue weighted by Gasteiger charge is -2.30. The smallest absolute Gasteiger partial charge is 0.119 e. The fraction of sp³-hybridized carbons (Fsp3) is 0.571. The standard InChI is InChI=1S/C14H19BrO3/c1-10-14(9-16,5-6-18-10)8-11-7-12(17-2)3-4-13(11)15/h3-4,7,10,16H,5-6,8-9H2,1-2H3. The van der Waals surface area contributed by atoms with Crippen molar-refractivity contribution in [2.45, 2.75) is 25.9 Å². The Bertz CT molecular complexity index is 422. The van der Waals surface area contributed by atoms with Gasteiger partial charge in [0.15, 0.2) is 0 Å². The van der Waals surface area contributed by atoms with Crippen LogP contribution >= 0.6 is 15.9 Å². The average Bonchev–Trinajstić information content (AvgIpc) is 2.74. The number of hydrogen-bond donors (Lipinski definition) is 1. The molecule has 0 radical (unpaired) electrons. The van der Waals surface area contributed by atoms with Gasteiger partial charge in [0.25, 0.3) is 0 Å². The van der Waals surface area contributed by atoms with Crippen molar-refractivity contribution < 1.29 is 14.6 Å². The lowest BCUT2D eigenvalue weighted by Crippen LogP contribution is -2.35. The molecule has 1 aliphatic rings. The van der Waals surface area contributed by atoms with Crippen molar-refractivity contribution in [2.75, 3.05) is 20.3 Å². The molecule has 100 valence electrons. The molecule has 2 unspecified atom stereocenters. The number of rotatable bonds is 4. The summed E-state index contributed by atoms with van der Waals surface area (Å²) in [5.41, 5.74) is 0.982. The van der Waals surface area contributed by atoms with Crippen molar-refractivity contribution in [2.24, 2.45) is 5.41 Å². The van der Waals surface area contributed by atoms with Crippen LogP contribution in [-0.2, 0) is 11.2 Å². The minimum absolute atomic E-state index is 0.0839. The van der Waals surface area contributed by atoms with Crippen LogP contribution in [0.4, 0.5) is 0 Å². The van der Waals surface area contributed by atoms with Crippen molar-refractivity contribution in [3.8, 4) is 5.75 Å². The highest BCUT2D eigenvalue weighted by Crippen LogP contribution is 2.39. The normalized spacial score (nSPS) is 27.4. The van der Waals surface area contributed by atoms with E-state index in [-0.39, 0.29) is 18.1 Å². The Balaban J connectivity index is 2.27. The third-order valence-electron chi connectivity index (χ3n) is 3.94. The lowest BCUT2D eigenvalue weighted by atomic mass is 9.77. The van der Waals surface area contributed by atoms with Gasteiger partial charge in [-0.2, -0.15) is 0 Å². The minimum atomic E-state index is -0.172. The monoisotopic (exact) mass is 314 g/mol. The Labute approximate surface area is 116 Å². The summed E-state index contributed by atoms with van der Waals surface area (Å²) >= 11 is 3.56. The second kappa shape index (κ2) is 5.59. The van der Waals surface area contributed by atoms with Crippen LogP contribution in [0.3, 0.4) is 0 Å². The van der Waals surface area contributed by atoms with Crippen LogP contribution < -0.4 is 4.74 Å². The maximum Gasteiger partial charge on any atom is 0.119 e. The number of methoxy groups -OCH3 is 1. The summed E-state index contributed by atoms with van der Waals surface area (Å²) in [4.78, 5) is 0. The fourth-order valence-electron chi connectivity index (χ4n) is 2.51. The van der Waals surface area contributed by atoms with Crippen molar-refractivity contribution in [1.29, 1.82) is 0 Å². The summed E-state index contributed by atoms with van der Waals surface area (Å²) in [6.07, 6.45) is 1.78. The summed E-state index contributed by atoms with van der Waals surface area (Å²) in [5.74, 6) is 0.841. The second-order valence-corrected chi connectivity index (χ2v) is 5.77.